The minimum absolute atomic E-state index is 0.238. The van der Waals surface area contributed by atoms with E-state index in [1.807, 2.05) is 18.2 Å². The van der Waals surface area contributed by atoms with E-state index in [4.69, 9.17) is 9.47 Å². The van der Waals surface area contributed by atoms with Gasteiger partial charge in [-0.05, 0) is 48.4 Å². The fourth-order valence-electron chi connectivity index (χ4n) is 2.86. The van der Waals surface area contributed by atoms with Crippen LogP contribution in [0.3, 0.4) is 0 Å². The first-order chi connectivity index (χ1) is 13.5. The Kier molecular flexibility index (Phi) is 4.79. The predicted molar refractivity (Wildman–Crippen MR) is 106 cm³/mol. The van der Waals surface area contributed by atoms with Crippen molar-refractivity contribution in [2.75, 3.05) is 16.8 Å². The second kappa shape index (κ2) is 7.40. The van der Waals surface area contributed by atoms with Crippen molar-refractivity contribution >= 4 is 21.5 Å². The van der Waals surface area contributed by atoms with Crippen molar-refractivity contribution in [3.05, 3.63) is 71.9 Å². The van der Waals surface area contributed by atoms with Gasteiger partial charge in [-0.3, -0.25) is 4.72 Å². The molecule has 144 valence electrons. The first-order valence-electron chi connectivity index (χ1n) is 8.68. The van der Waals surface area contributed by atoms with Crippen LogP contribution in [-0.4, -0.2) is 20.2 Å². The number of rotatable bonds is 6. The van der Waals surface area contributed by atoms with Gasteiger partial charge in [0.1, 0.15) is 5.82 Å². The molecule has 0 amide bonds. The zero-order valence-corrected chi connectivity index (χ0v) is 16.0. The topological polar surface area (TPSA) is 89.6 Å². The number of pyridine rings is 1. The van der Waals surface area contributed by atoms with E-state index in [2.05, 4.69) is 15.0 Å². The van der Waals surface area contributed by atoms with Crippen molar-refractivity contribution in [1.29, 1.82) is 0 Å². The van der Waals surface area contributed by atoms with Gasteiger partial charge in [-0.25, -0.2) is 13.4 Å². The van der Waals surface area contributed by atoms with Crippen LogP contribution in [0.4, 0.5) is 11.5 Å². The molecule has 0 spiro atoms. The summed E-state index contributed by atoms with van der Waals surface area (Å²) in [5, 5.41) is 3.25. The number of ether oxygens (including phenoxy) is 2. The molecular formula is C20H19N3O4S. The van der Waals surface area contributed by atoms with E-state index in [0.717, 1.165) is 22.7 Å². The number of fused-ring (bicyclic) bond motifs is 1. The molecule has 0 aliphatic carbocycles. The van der Waals surface area contributed by atoms with Crippen molar-refractivity contribution in [2.24, 2.45) is 0 Å². The average Bonchev–Trinajstić information content (AvgIpc) is 3.15. The van der Waals surface area contributed by atoms with Gasteiger partial charge in [0, 0.05) is 6.54 Å². The van der Waals surface area contributed by atoms with E-state index < -0.39 is 10.0 Å². The van der Waals surface area contributed by atoms with Crippen LogP contribution in [-0.2, 0) is 16.6 Å². The van der Waals surface area contributed by atoms with Crippen molar-refractivity contribution in [3.63, 3.8) is 0 Å². The lowest BCUT2D eigenvalue weighted by Gasteiger charge is -2.11. The molecule has 0 bridgehead atoms. The zero-order valence-electron chi connectivity index (χ0n) is 15.2. The van der Waals surface area contributed by atoms with Gasteiger partial charge in [-0.1, -0.05) is 24.3 Å². The van der Waals surface area contributed by atoms with Gasteiger partial charge in [-0.2, -0.15) is 0 Å². The van der Waals surface area contributed by atoms with Gasteiger partial charge in [0.05, 0.1) is 16.8 Å². The summed E-state index contributed by atoms with van der Waals surface area (Å²) in [4.78, 5) is 4.43. The van der Waals surface area contributed by atoms with E-state index in [1.165, 1.54) is 0 Å². The maximum atomic E-state index is 12.5. The summed E-state index contributed by atoms with van der Waals surface area (Å²) >= 11 is 0. The maximum absolute atomic E-state index is 12.5. The number of aryl methyl sites for hydroxylation is 1. The Morgan fingerprint density at radius 1 is 1.04 bits per heavy atom. The van der Waals surface area contributed by atoms with Crippen molar-refractivity contribution < 1.29 is 17.9 Å². The van der Waals surface area contributed by atoms with Gasteiger partial charge in [0.2, 0.25) is 6.79 Å². The van der Waals surface area contributed by atoms with Crippen LogP contribution in [0.5, 0.6) is 11.5 Å². The molecule has 1 aromatic heterocycles. The summed E-state index contributed by atoms with van der Waals surface area (Å²) in [6.45, 7) is 2.58. The highest BCUT2D eigenvalue weighted by molar-refractivity contribution is 7.92. The normalized spacial score (nSPS) is 12.6. The third-order valence-electron chi connectivity index (χ3n) is 4.32. The lowest BCUT2D eigenvalue weighted by atomic mass is 10.2. The highest BCUT2D eigenvalue weighted by atomic mass is 32.2. The molecule has 0 unspecified atom stereocenters. The average molecular weight is 397 g/mol. The smallest absolute Gasteiger partial charge is 0.263 e. The summed E-state index contributed by atoms with van der Waals surface area (Å²) in [6.07, 6.45) is 1.59. The van der Waals surface area contributed by atoms with Gasteiger partial charge in [0.25, 0.3) is 10.0 Å². The molecule has 7 nitrogen and oxygen atoms in total. The standard InChI is InChI=1S/C20H19N3O4S/c1-14-4-2-3-5-19(14)28(24,25)23-20-9-7-16(12-22-20)21-11-15-6-8-17-18(10-15)27-13-26-17/h2-10,12,21H,11,13H2,1H3,(H,22,23). The third kappa shape index (κ3) is 3.86. The summed E-state index contributed by atoms with van der Waals surface area (Å²) < 4.78 is 38.2. The Labute approximate surface area is 163 Å². The maximum Gasteiger partial charge on any atom is 0.263 e. The second-order valence-corrected chi connectivity index (χ2v) is 8.00. The fourth-order valence-corrected chi connectivity index (χ4v) is 4.12. The molecule has 0 atom stereocenters. The first kappa shape index (κ1) is 18.1. The Balaban J connectivity index is 1.41. The molecule has 2 N–H and O–H groups in total. The highest BCUT2D eigenvalue weighted by Crippen LogP contribution is 2.32. The number of nitrogens with one attached hydrogen (secondary N) is 2. The first-order valence-corrected chi connectivity index (χ1v) is 10.2. The summed E-state index contributed by atoms with van der Waals surface area (Å²) in [6, 6.07) is 16.0. The Hall–Kier alpha value is -3.26. The largest absolute Gasteiger partial charge is 0.454 e. The minimum Gasteiger partial charge on any atom is -0.454 e. The molecule has 0 saturated carbocycles. The van der Waals surface area contributed by atoms with Crippen LogP contribution in [0, 0.1) is 6.92 Å². The van der Waals surface area contributed by atoms with E-state index in [9.17, 15) is 8.42 Å². The number of aromatic nitrogens is 1. The molecule has 2 aromatic carbocycles. The summed E-state index contributed by atoms with van der Waals surface area (Å²) in [7, 11) is -3.68. The monoisotopic (exact) mass is 397 g/mol. The second-order valence-electron chi connectivity index (χ2n) is 6.34. The lowest BCUT2D eigenvalue weighted by molar-refractivity contribution is 0.174. The van der Waals surface area contributed by atoms with Crippen LogP contribution >= 0.6 is 0 Å². The summed E-state index contributed by atoms with van der Waals surface area (Å²) in [5.74, 6) is 1.74. The van der Waals surface area contributed by atoms with Crippen molar-refractivity contribution in [3.8, 4) is 11.5 Å². The van der Waals surface area contributed by atoms with E-state index in [-0.39, 0.29) is 17.5 Å². The van der Waals surface area contributed by atoms with Crippen LogP contribution in [0.1, 0.15) is 11.1 Å². The van der Waals surface area contributed by atoms with Gasteiger partial charge >= 0.3 is 0 Å². The lowest BCUT2D eigenvalue weighted by Crippen LogP contribution is -2.15. The Morgan fingerprint density at radius 3 is 2.64 bits per heavy atom. The number of benzene rings is 2. The number of anilines is 2. The number of sulfonamides is 1. The zero-order chi connectivity index (χ0) is 19.6. The van der Waals surface area contributed by atoms with Gasteiger partial charge in [0.15, 0.2) is 11.5 Å². The van der Waals surface area contributed by atoms with Crippen LogP contribution < -0.4 is 19.5 Å². The molecule has 0 radical (unpaired) electrons. The highest BCUT2D eigenvalue weighted by Gasteiger charge is 2.17. The predicted octanol–water partition coefficient (Wildman–Crippen LogP) is 3.53. The van der Waals surface area contributed by atoms with Crippen LogP contribution in [0.25, 0.3) is 0 Å². The quantitative estimate of drug-likeness (QED) is 0.661. The summed E-state index contributed by atoms with van der Waals surface area (Å²) in [5.41, 5.74) is 2.49. The molecule has 28 heavy (non-hydrogen) atoms. The molecule has 3 aromatic rings. The molecule has 1 aliphatic rings. The third-order valence-corrected chi connectivity index (χ3v) is 5.83. The van der Waals surface area contributed by atoms with Gasteiger partial charge in [-0.15, -0.1) is 0 Å². The molecule has 1 aliphatic heterocycles. The molecule has 0 saturated heterocycles. The number of nitrogens with zero attached hydrogens (tertiary/aromatic N) is 1. The number of hydrogen-bond donors (Lipinski definition) is 2. The van der Waals surface area contributed by atoms with Crippen LogP contribution in [0.15, 0.2) is 65.7 Å². The minimum atomic E-state index is -3.68. The van der Waals surface area contributed by atoms with E-state index >= 15 is 0 Å². The fraction of sp³-hybridized carbons (Fsp3) is 0.150. The van der Waals surface area contributed by atoms with E-state index in [0.29, 0.717) is 12.1 Å². The van der Waals surface area contributed by atoms with Crippen LogP contribution in [0.2, 0.25) is 0 Å². The van der Waals surface area contributed by atoms with Crippen molar-refractivity contribution in [1.82, 2.24) is 4.98 Å². The SMILES string of the molecule is Cc1ccccc1S(=O)(=O)Nc1ccc(NCc2ccc3c(c2)OCO3)cn1. The molecule has 4 rings (SSSR count). The Bertz CT molecular complexity index is 1100. The van der Waals surface area contributed by atoms with Gasteiger partial charge < -0.3 is 14.8 Å². The molecular weight excluding hydrogens is 378 g/mol. The molecule has 8 heteroatoms. The molecule has 0 fully saturated rings. The molecule has 2 heterocycles. The Morgan fingerprint density at radius 2 is 1.86 bits per heavy atom. The van der Waals surface area contributed by atoms with Crippen molar-refractivity contribution in [2.45, 2.75) is 18.4 Å². The number of hydrogen-bond acceptors (Lipinski definition) is 6. The van der Waals surface area contributed by atoms with E-state index in [1.54, 1.807) is 49.5 Å².